The molecule has 0 aromatic carbocycles. The summed E-state index contributed by atoms with van der Waals surface area (Å²) >= 11 is 6.01. The second-order valence-electron chi connectivity index (χ2n) is 6.28. The Morgan fingerprint density at radius 2 is 2.31 bits per heavy atom. The van der Waals surface area contributed by atoms with Crippen molar-refractivity contribution in [2.75, 3.05) is 26.7 Å². The van der Waals surface area contributed by atoms with Gasteiger partial charge in [-0.2, -0.15) is 0 Å². The number of hydrogen-bond acceptors (Lipinski definition) is 4. The number of hydrogen-bond donors (Lipinski definition) is 1. The van der Waals surface area contributed by atoms with Gasteiger partial charge >= 0.3 is 5.97 Å². The first-order valence-electron chi connectivity index (χ1n) is 8.86. The van der Waals surface area contributed by atoms with E-state index < -0.39 is 0 Å². The number of halogens is 1. The van der Waals surface area contributed by atoms with Gasteiger partial charge in [0.1, 0.15) is 5.65 Å². The lowest BCUT2D eigenvalue weighted by molar-refractivity contribution is -0.149. The van der Waals surface area contributed by atoms with Gasteiger partial charge in [-0.25, -0.2) is 4.98 Å². The molecule has 140 valence electrons. The van der Waals surface area contributed by atoms with Crippen LogP contribution in [0.25, 0.3) is 5.65 Å². The van der Waals surface area contributed by atoms with Gasteiger partial charge in [0.2, 0.25) is 0 Å². The van der Waals surface area contributed by atoms with Crippen molar-refractivity contribution in [2.45, 2.75) is 26.3 Å². The van der Waals surface area contributed by atoms with Crippen molar-refractivity contribution in [1.82, 2.24) is 19.6 Å². The van der Waals surface area contributed by atoms with Crippen LogP contribution in [0.1, 0.15) is 25.5 Å². The summed E-state index contributed by atoms with van der Waals surface area (Å²) in [6, 6.07) is 3.71. The zero-order valence-electron chi connectivity index (χ0n) is 15.1. The zero-order chi connectivity index (χ0) is 18.5. The Morgan fingerprint density at radius 3 is 3.08 bits per heavy atom. The molecule has 8 heteroatoms. The summed E-state index contributed by atoms with van der Waals surface area (Å²) in [5, 5.41) is 4.01. The molecular formula is C18H24ClN5O2. The van der Waals surface area contributed by atoms with E-state index in [-0.39, 0.29) is 11.9 Å². The molecule has 0 bridgehead atoms. The first-order valence-corrected chi connectivity index (χ1v) is 9.24. The monoisotopic (exact) mass is 377 g/mol. The quantitative estimate of drug-likeness (QED) is 0.503. The minimum absolute atomic E-state index is 0.0976. The number of esters is 1. The average Bonchev–Trinajstić information content (AvgIpc) is 3.04. The molecule has 0 aliphatic carbocycles. The molecule has 1 atom stereocenters. The van der Waals surface area contributed by atoms with Gasteiger partial charge < -0.3 is 19.4 Å². The highest BCUT2D eigenvalue weighted by molar-refractivity contribution is 6.30. The van der Waals surface area contributed by atoms with E-state index in [1.165, 1.54) is 0 Å². The number of likely N-dealkylation sites (tertiary alicyclic amines) is 1. The first-order chi connectivity index (χ1) is 12.6. The molecular weight excluding hydrogens is 354 g/mol. The molecule has 26 heavy (non-hydrogen) atoms. The van der Waals surface area contributed by atoms with E-state index in [1.54, 1.807) is 7.05 Å². The van der Waals surface area contributed by atoms with Crippen molar-refractivity contribution in [3.05, 3.63) is 35.2 Å². The van der Waals surface area contributed by atoms with Gasteiger partial charge in [-0.15, -0.1) is 0 Å². The number of nitrogens with zero attached hydrogens (tertiary/aromatic N) is 4. The third-order valence-corrected chi connectivity index (χ3v) is 4.67. The maximum absolute atomic E-state index is 12.0. The molecule has 1 N–H and O–H groups in total. The van der Waals surface area contributed by atoms with Crippen molar-refractivity contribution >= 4 is 29.2 Å². The van der Waals surface area contributed by atoms with Crippen LogP contribution in [-0.2, 0) is 16.1 Å². The molecule has 0 unspecified atom stereocenters. The number of ether oxygens (including phenoxy) is 1. The van der Waals surface area contributed by atoms with E-state index in [1.807, 2.05) is 35.9 Å². The fourth-order valence-electron chi connectivity index (χ4n) is 3.23. The summed E-state index contributed by atoms with van der Waals surface area (Å²) in [4.78, 5) is 23.1. The van der Waals surface area contributed by atoms with Crippen molar-refractivity contribution in [1.29, 1.82) is 0 Å². The molecule has 7 nitrogen and oxygen atoms in total. The maximum atomic E-state index is 12.0. The van der Waals surface area contributed by atoms with Crippen molar-refractivity contribution in [2.24, 2.45) is 10.9 Å². The number of nitrogens with one attached hydrogen (secondary N) is 1. The van der Waals surface area contributed by atoms with E-state index in [0.717, 1.165) is 36.7 Å². The van der Waals surface area contributed by atoms with Crippen molar-refractivity contribution in [3.63, 3.8) is 0 Å². The van der Waals surface area contributed by atoms with Gasteiger partial charge in [0.05, 0.1) is 29.8 Å². The summed E-state index contributed by atoms with van der Waals surface area (Å²) in [6.45, 7) is 4.30. The van der Waals surface area contributed by atoms with Crippen LogP contribution in [-0.4, -0.2) is 53.0 Å². The van der Waals surface area contributed by atoms with Crippen LogP contribution in [0.15, 0.2) is 29.5 Å². The third kappa shape index (κ3) is 4.27. The highest BCUT2D eigenvalue weighted by Crippen LogP contribution is 2.18. The zero-order valence-corrected chi connectivity index (χ0v) is 15.9. The van der Waals surface area contributed by atoms with Gasteiger partial charge in [0.25, 0.3) is 0 Å². The Bertz CT molecular complexity index is 804. The molecule has 1 fully saturated rings. The summed E-state index contributed by atoms with van der Waals surface area (Å²) in [6.07, 6.45) is 5.58. The number of guanidine groups is 1. The number of rotatable bonds is 4. The smallest absolute Gasteiger partial charge is 0.310 e. The van der Waals surface area contributed by atoms with E-state index >= 15 is 0 Å². The normalized spacial score (nSPS) is 18.2. The Hall–Kier alpha value is -2.28. The summed E-state index contributed by atoms with van der Waals surface area (Å²) in [7, 11) is 1.75. The number of carbonyl (C=O) groups is 1. The number of pyridine rings is 1. The lowest BCUT2D eigenvalue weighted by Crippen LogP contribution is -2.48. The highest BCUT2D eigenvalue weighted by atomic mass is 35.5. The van der Waals surface area contributed by atoms with Crippen LogP contribution in [0.5, 0.6) is 0 Å². The molecule has 1 saturated heterocycles. The Kier molecular flexibility index (Phi) is 5.98. The van der Waals surface area contributed by atoms with Crippen LogP contribution in [0.2, 0.25) is 5.02 Å². The second-order valence-corrected chi connectivity index (χ2v) is 6.72. The Morgan fingerprint density at radius 1 is 1.46 bits per heavy atom. The van der Waals surface area contributed by atoms with E-state index in [2.05, 4.69) is 20.2 Å². The van der Waals surface area contributed by atoms with Crippen LogP contribution in [0.4, 0.5) is 0 Å². The fourth-order valence-corrected chi connectivity index (χ4v) is 3.39. The number of fused-ring (bicyclic) bond motifs is 1. The van der Waals surface area contributed by atoms with Crippen LogP contribution >= 0.6 is 11.6 Å². The number of aromatic nitrogens is 2. The fraction of sp³-hybridized carbons (Fsp3) is 0.500. The Labute approximate surface area is 158 Å². The van der Waals surface area contributed by atoms with Crippen molar-refractivity contribution < 1.29 is 9.53 Å². The topological polar surface area (TPSA) is 71.2 Å². The predicted molar refractivity (Wildman–Crippen MR) is 101 cm³/mol. The lowest BCUT2D eigenvalue weighted by Gasteiger charge is -2.33. The van der Waals surface area contributed by atoms with E-state index in [0.29, 0.717) is 24.7 Å². The number of imidazole rings is 1. The summed E-state index contributed by atoms with van der Waals surface area (Å²) < 4.78 is 7.07. The van der Waals surface area contributed by atoms with Gasteiger partial charge in [0, 0.05) is 32.5 Å². The summed E-state index contributed by atoms with van der Waals surface area (Å²) in [5.74, 6) is 0.554. The molecule has 0 saturated carbocycles. The van der Waals surface area contributed by atoms with Crippen LogP contribution in [0.3, 0.4) is 0 Å². The molecule has 0 spiro atoms. The minimum atomic E-state index is -0.120. The predicted octanol–water partition coefficient (Wildman–Crippen LogP) is 2.34. The van der Waals surface area contributed by atoms with Gasteiger partial charge in [0.15, 0.2) is 5.96 Å². The minimum Gasteiger partial charge on any atom is -0.466 e. The van der Waals surface area contributed by atoms with Crippen molar-refractivity contribution in [3.8, 4) is 0 Å². The van der Waals surface area contributed by atoms with E-state index in [4.69, 9.17) is 16.3 Å². The molecule has 0 amide bonds. The first kappa shape index (κ1) is 18.5. The largest absolute Gasteiger partial charge is 0.466 e. The SMILES string of the molecule is CCOC(=O)[C@H]1CCCN(C(=NC)NCc2cn3cc(Cl)ccc3n2)C1. The van der Waals surface area contributed by atoms with Crippen LogP contribution < -0.4 is 5.32 Å². The molecule has 3 heterocycles. The number of piperidine rings is 1. The lowest BCUT2D eigenvalue weighted by atomic mass is 9.98. The van der Waals surface area contributed by atoms with Gasteiger partial charge in [-0.3, -0.25) is 9.79 Å². The molecule has 0 radical (unpaired) electrons. The Balaban J connectivity index is 1.62. The van der Waals surface area contributed by atoms with Gasteiger partial charge in [-0.05, 0) is 31.9 Å². The average molecular weight is 378 g/mol. The van der Waals surface area contributed by atoms with E-state index in [9.17, 15) is 4.79 Å². The summed E-state index contributed by atoms with van der Waals surface area (Å²) in [5.41, 5.74) is 1.74. The number of aliphatic imine (C=N–C) groups is 1. The van der Waals surface area contributed by atoms with Gasteiger partial charge in [-0.1, -0.05) is 11.6 Å². The molecule has 3 rings (SSSR count). The highest BCUT2D eigenvalue weighted by Gasteiger charge is 2.28. The standard InChI is InChI=1S/C18H24ClN5O2/c1-3-26-17(25)13-5-4-8-23(10-13)18(20-2)21-9-15-12-24-11-14(19)6-7-16(24)22-15/h6-7,11-13H,3-5,8-10H2,1-2H3,(H,20,21)/t13-/m0/s1. The maximum Gasteiger partial charge on any atom is 0.310 e. The molecule has 2 aromatic rings. The number of carbonyl (C=O) groups excluding carboxylic acids is 1. The molecule has 2 aromatic heterocycles. The molecule has 1 aliphatic heterocycles. The second kappa shape index (κ2) is 8.40. The third-order valence-electron chi connectivity index (χ3n) is 4.45. The van der Waals surface area contributed by atoms with Crippen LogP contribution in [0, 0.1) is 5.92 Å². The molecule has 1 aliphatic rings.